The molecule has 0 aliphatic heterocycles. The van der Waals surface area contributed by atoms with Crippen LogP contribution in [0.15, 0.2) is 29.0 Å². The van der Waals surface area contributed by atoms with E-state index >= 15 is 0 Å². The molecule has 2 aromatic rings. The standard InChI is InChI=1S/C12H8F2O2S/c1-16-8-4-9(13)11(10(14)5-8)12(15)7-2-3-17-6-7/h2-6H,1H3. The monoisotopic (exact) mass is 254 g/mol. The van der Waals surface area contributed by atoms with E-state index in [1.54, 1.807) is 10.8 Å². The fourth-order valence-corrected chi connectivity index (χ4v) is 2.06. The largest absolute Gasteiger partial charge is 0.497 e. The molecule has 0 atom stereocenters. The van der Waals surface area contributed by atoms with Crippen LogP contribution in [0, 0.1) is 11.6 Å². The summed E-state index contributed by atoms with van der Waals surface area (Å²) in [4.78, 5) is 11.8. The number of carbonyl (C=O) groups is 1. The molecule has 2 rings (SSSR count). The summed E-state index contributed by atoms with van der Waals surface area (Å²) in [7, 11) is 1.30. The summed E-state index contributed by atoms with van der Waals surface area (Å²) in [6.45, 7) is 0. The molecule has 0 bridgehead atoms. The van der Waals surface area contributed by atoms with E-state index in [-0.39, 0.29) is 11.3 Å². The SMILES string of the molecule is COc1cc(F)c(C(=O)c2ccsc2)c(F)c1. The van der Waals surface area contributed by atoms with Crippen LogP contribution >= 0.6 is 11.3 Å². The minimum Gasteiger partial charge on any atom is -0.497 e. The van der Waals surface area contributed by atoms with Gasteiger partial charge in [-0.2, -0.15) is 11.3 Å². The zero-order valence-corrected chi connectivity index (χ0v) is 9.68. The zero-order valence-electron chi connectivity index (χ0n) is 8.87. The van der Waals surface area contributed by atoms with Gasteiger partial charge >= 0.3 is 0 Å². The van der Waals surface area contributed by atoms with Gasteiger partial charge in [0.05, 0.1) is 12.7 Å². The Morgan fingerprint density at radius 3 is 2.41 bits per heavy atom. The molecule has 2 nitrogen and oxygen atoms in total. The highest BCUT2D eigenvalue weighted by atomic mass is 32.1. The Kier molecular flexibility index (Phi) is 3.19. The third kappa shape index (κ3) is 2.19. The van der Waals surface area contributed by atoms with Gasteiger partial charge in [-0.15, -0.1) is 0 Å². The van der Waals surface area contributed by atoms with Crippen LogP contribution in [0.4, 0.5) is 8.78 Å². The van der Waals surface area contributed by atoms with Gasteiger partial charge in [0.2, 0.25) is 0 Å². The second kappa shape index (κ2) is 4.63. The van der Waals surface area contributed by atoms with Crippen LogP contribution in [0.5, 0.6) is 5.75 Å². The van der Waals surface area contributed by atoms with Crippen LogP contribution in [-0.2, 0) is 0 Å². The lowest BCUT2D eigenvalue weighted by atomic mass is 10.0. The van der Waals surface area contributed by atoms with Crippen molar-refractivity contribution in [2.24, 2.45) is 0 Å². The molecule has 0 fully saturated rings. The number of methoxy groups -OCH3 is 1. The van der Waals surface area contributed by atoms with Gasteiger partial charge in [-0.05, 0) is 11.4 Å². The summed E-state index contributed by atoms with van der Waals surface area (Å²) in [5.74, 6) is -2.46. The Labute approximate surface area is 100 Å². The highest BCUT2D eigenvalue weighted by molar-refractivity contribution is 7.08. The molecular weight excluding hydrogens is 246 g/mol. The number of thiophene rings is 1. The number of carbonyl (C=O) groups excluding carboxylic acids is 1. The average Bonchev–Trinajstić information content (AvgIpc) is 2.81. The van der Waals surface area contributed by atoms with Crippen molar-refractivity contribution in [2.45, 2.75) is 0 Å². The summed E-state index contributed by atoms with van der Waals surface area (Å²) >= 11 is 1.29. The van der Waals surface area contributed by atoms with Crippen molar-refractivity contribution in [2.75, 3.05) is 7.11 Å². The second-order valence-corrected chi connectivity index (χ2v) is 4.09. The van der Waals surface area contributed by atoms with Crippen molar-refractivity contribution in [3.05, 3.63) is 51.7 Å². The van der Waals surface area contributed by atoms with Gasteiger partial charge in [0.25, 0.3) is 0 Å². The molecule has 88 valence electrons. The molecule has 0 spiro atoms. The van der Waals surface area contributed by atoms with E-state index in [4.69, 9.17) is 4.74 Å². The summed E-state index contributed by atoms with van der Waals surface area (Å²) in [6.07, 6.45) is 0. The van der Waals surface area contributed by atoms with Gasteiger partial charge in [-0.1, -0.05) is 0 Å². The first-order valence-electron chi connectivity index (χ1n) is 4.73. The lowest BCUT2D eigenvalue weighted by Gasteiger charge is -2.05. The highest BCUT2D eigenvalue weighted by Crippen LogP contribution is 2.23. The molecule has 1 aromatic heterocycles. The highest BCUT2D eigenvalue weighted by Gasteiger charge is 2.20. The number of rotatable bonds is 3. The zero-order chi connectivity index (χ0) is 12.4. The van der Waals surface area contributed by atoms with Crippen molar-refractivity contribution < 1.29 is 18.3 Å². The third-order valence-electron chi connectivity index (χ3n) is 2.26. The molecule has 0 radical (unpaired) electrons. The van der Waals surface area contributed by atoms with Crippen LogP contribution < -0.4 is 4.74 Å². The third-order valence-corrected chi connectivity index (χ3v) is 2.94. The summed E-state index contributed by atoms with van der Waals surface area (Å²) < 4.78 is 31.9. The molecule has 1 aromatic carbocycles. The van der Waals surface area contributed by atoms with E-state index in [9.17, 15) is 13.6 Å². The van der Waals surface area contributed by atoms with Gasteiger partial charge in [0.15, 0.2) is 5.78 Å². The van der Waals surface area contributed by atoms with Gasteiger partial charge in [0, 0.05) is 23.1 Å². The molecule has 0 aliphatic carbocycles. The number of ether oxygens (including phenoxy) is 1. The van der Waals surface area contributed by atoms with E-state index in [0.29, 0.717) is 0 Å². The molecule has 0 N–H and O–H groups in total. The number of hydrogen-bond acceptors (Lipinski definition) is 3. The maximum atomic E-state index is 13.6. The molecule has 0 aliphatic rings. The van der Waals surface area contributed by atoms with Crippen molar-refractivity contribution in [1.29, 1.82) is 0 Å². The van der Waals surface area contributed by atoms with E-state index in [1.165, 1.54) is 24.5 Å². The van der Waals surface area contributed by atoms with Crippen LogP contribution in [-0.4, -0.2) is 12.9 Å². The molecule has 17 heavy (non-hydrogen) atoms. The minimum atomic E-state index is -0.918. The van der Waals surface area contributed by atoms with Crippen molar-refractivity contribution >= 4 is 17.1 Å². The minimum absolute atomic E-state index is 0.0434. The summed E-state index contributed by atoms with van der Waals surface area (Å²) in [6, 6.07) is 3.50. The van der Waals surface area contributed by atoms with E-state index in [2.05, 4.69) is 0 Å². The summed E-state index contributed by atoms with van der Waals surface area (Å²) in [5, 5.41) is 3.22. The van der Waals surface area contributed by atoms with E-state index < -0.39 is 23.0 Å². The van der Waals surface area contributed by atoms with Crippen LogP contribution in [0.3, 0.4) is 0 Å². The fraction of sp³-hybridized carbons (Fsp3) is 0.0833. The van der Waals surface area contributed by atoms with Crippen molar-refractivity contribution in [3.8, 4) is 5.75 Å². The average molecular weight is 254 g/mol. The Morgan fingerprint density at radius 1 is 1.29 bits per heavy atom. The van der Waals surface area contributed by atoms with Gasteiger partial charge < -0.3 is 4.74 Å². The molecule has 5 heteroatoms. The Balaban J connectivity index is 2.49. The topological polar surface area (TPSA) is 26.3 Å². The first kappa shape index (κ1) is 11.7. The smallest absolute Gasteiger partial charge is 0.199 e. The van der Waals surface area contributed by atoms with E-state index in [1.807, 2.05) is 0 Å². The first-order valence-corrected chi connectivity index (χ1v) is 5.67. The van der Waals surface area contributed by atoms with Gasteiger partial charge in [0.1, 0.15) is 17.4 Å². The fourth-order valence-electron chi connectivity index (χ4n) is 1.42. The molecule has 0 amide bonds. The summed E-state index contributed by atoms with van der Waals surface area (Å²) in [5.41, 5.74) is -0.276. The Bertz CT molecular complexity index is 527. The number of hydrogen-bond donors (Lipinski definition) is 0. The maximum absolute atomic E-state index is 13.6. The van der Waals surface area contributed by atoms with Crippen LogP contribution in [0.1, 0.15) is 15.9 Å². The maximum Gasteiger partial charge on any atom is 0.199 e. The number of halogens is 2. The molecular formula is C12H8F2O2S. The normalized spacial score (nSPS) is 10.3. The second-order valence-electron chi connectivity index (χ2n) is 3.31. The lowest BCUT2D eigenvalue weighted by Crippen LogP contribution is -2.07. The van der Waals surface area contributed by atoms with E-state index in [0.717, 1.165) is 12.1 Å². The van der Waals surface area contributed by atoms with Crippen LogP contribution in [0.2, 0.25) is 0 Å². The Morgan fingerprint density at radius 2 is 1.94 bits per heavy atom. The number of ketones is 1. The van der Waals surface area contributed by atoms with Crippen molar-refractivity contribution in [3.63, 3.8) is 0 Å². The molecule has 0 saturated carbocycles. The lowest BCUT2D eigenvalue weighted by molar-refractivity contribution is 0.103. The predicted octanol–water partition coefficient (Wildman–Crippen LogP) is 3.27. The molecule has 1 heterocycles. The Hall–Kier alpha value is -1.75. The quantitative estimate of drug-likeness (QED) is 0.786. The molecule has 0 unspecified atom stereocenters. The van der Waals surface area contributed by atoms with Gasteiger partial charge in [-0.3, -0.25) is 4.79 Å². The van der Waals surface area contributed by atoms with Crippen LogP contribution in [0.25, 0.3) is 0 Å². The van der Waals surface area contributed by atoms with Crippen molar-refractivity contribution in [1.82, 2.24) is 0 Å². The molecule has 0 saturated heterocycles. The first-order chi connectivity index (χ1) is 8.13. The van der Waals surface area contributed by atoms with Gasteiger partial charge in [-0.25, -0.2) is 8.78 Å². The number of benzene rings is 1. The predicted molar refractivity (Wildman–Crippen MR) is 60.7 cm³/mol.